The molecule has 0 radical (unpaired) electrons. The van der Waals surface area contributed by atoms with Gasteiger partial charge in [0.15, 0.2) is 5.01 Å². The van der Waals surface area contributed by atoms with Gasteiger partial charge in [0.05, 0.1) is 11.4 Å². The fraction of sp³-hybridized carbons (Fsp3) is 0.375. The highest BCUT2D eigenvalue weighted by molar-refractivity contribution is 7.18. The summed E-state index contributed by atoms with van der Waals surface area (Å²) in [6.45, 7) is 2.07. The maximum absolute atomic E-state index is 5.72. The number of nitrogens with zero attached hydrogens (tertiary/aromatic N) is 4. The molecule has 14 heavy (non-hydrogen) atoms. The Balaban J connectivity index is 2.45. The van der Waals surface area contributed by atoms with Gasteiger partial charge in [0.1, 0.15) is 0 Å². The fourth-order valence-corrected chi connectivity index (χ4v) is 2.08. The largest absolute Gasteiger partial charge is 0.265 e. The molecule has 0 unspecified atom stereocenters. The van der Waals surface area contributed by atoms with Crippen LogP contribution in [0.5, 0.6) is 0 Å². The SMILES string of the molecule is CCc1cc(-c2nnc(Cl)s2)n(C)n1. The average molecular weight is 229 g/mol. The van der Waals surface area contributed by atoms with E-state index in [4.69, 9.17) is 11.6 Å². The van der Waals surface area contributed by atoms with Gasteiger partial charge in [0.2, 0.25) is 4.47 Å². The van der Waals surface area contributed by atoms with Crippen LogP contribution < -0.4 is 0 Å². The van der Waals surface area contributed by atoms with E-state index in [1.807, 2.05) is 13.1 Å². The molecule has 0 aliphatic heterocycles. The second-order valence-electron chi connectivity index (χ2n) is 2.86. The molecule has 0 N–H and O–H groups in total. The first kappa shape index (κ1) is 9.61. The van der Waals surface area contributed by atoms with Crippen molar-refractivity contribution in [3.8, 4) is 10.7 Å². The summed E-state index contributed by atoms with van der Waals surface area (Å²) in [5.41, 5.74) is 2.01. The minimum absolute atomic E-state index is 0.458. The molecule has 0 fully saturated rings. The Morgan fingerprint density at radius 1 is 1.50 bits per heavy atom. The molecule has 0 saturated carbocycles. The third kappa shape index (κ3) is 1.65. The molecular weight excluding hydrogens is 220 g/mol. The van der Waals surface area contributed by atoms with Crippen LogP contribution >= 0.6 is 22.9 Å². The van der Waals surface area contributed by atoms with Crippen molar-refractivity contribution in [2.75, 3.05) is 0 Å². The summed E-state index contributed by atoms with van der Waals surface area (Å²) in [6, 6.07) is 2.01. The first-order chi connectivity index (χ1) is 6.70. The van der Waals surface area contributed by atoms with Crippen LogP contribution in [-0.4, -0.2) is 20.0 Å². The second-order valence-corrected chi connectivity index (χ2v) is 4.42. The van der Waals surface area contributed by atoms with E-state index in [9.17, 15) is 0 Å². The Morgan fingerprint density at radius 2 is 2.29 bits per heavy atom. The van der Waals surface area contributed by atoms with E-state index in [-0.39, 0.29) is 0 Å². The summed E-state index contributed by atoms with van der Waals surface area (Å²) in [6.07, 6.45) is 0.917. The Bertz CT molecular complexity index is 448. The summed E-state index contributed by atoms with van der Waals surface area (Å²) in [5, 5.41) is 12.9. The predicted molar refractivity (Wildman–Crippen MR) is 56.5 cm³/mol. The van der Waals surface area contributed by atoms with Crippen molar-refractivity contribution >= 4 is 22.9 Å². The Kier molecular flexibility index (Phi) is 2.52. The number of aryl methyl sites for hydroxylation is 2. The van der Waals surface area contributed by atoms with Crippen molar-refractivity contribution in [3.05, 3.63) is 16.2 Å². The molecule has 2 heterocycles. The molecule has 2 rings (SSSR count). The normalized spacial score (nSPS) is 10.8. The van der Waals surface area contributed by atoms with Crippen molar-refractivity contribution < 1.29 is 0 Å². The van der Waals surface area contributed by atoms with Gasteiger partial charge in [-0.15, -0.1) is 10.2 Å². The molecule has 2 aromatic rings. The van der Waals surface area contributed by atoms with Crippen molar-refractivity contribution in [1.82, 2.24) is 20.0 Å². The van der Waals surface area contributed by atoms with E-state index >= 15 is 0 Å². The van der Waals surface area contributed by atoms with Gasteiger partial charge < -0.3 is 0 Å². The lowest BCUT2D eigenvalue weighted by atomic mass is 10.3. The van der Waals surface area contributed by atoms with Crippen molar-refractivity contribution in [1.29, 1.82) is 0 Å². The molecule has 0 aromatic carbocycles. The number of halogens is 1. The lowest BCUT2D eigenvalue weighted by molar-refractivity contribution is 0.751. The third-order valence-electron chi connectivity index (χ3n) is 1.91. The molecule has 0 amide bonds. The maximum atomic E-state index is 5.72. The highest BCUT2D eigenvalue weighted by Gasteiger charge is 2.10. The van der Waals surface area contributed by atoms with Gasteiger partial charge in [0.25, 0.3) is 0 Å². The quantitative estimate of drug-likeness (QED) is 0.791. The highest BCUT2D eigenvalue weighted by Crippen LogP contribution is 2.26. The summed E-state index contributed by atoms with van der Waals surface area (Å²) >= 11 is 7.08. The highest BCUT2D eigenvalue weighted by atomic mass is 35.5. The molecule has 74 valence electrons. The van der Waals surface area contributed by atoms with Crippen LogP contribution in [0.3, 0.4) is 0 Å². The van der Waals surface area contributed by atoms with Crippen LogP contribution in [0.4, 0.5) is 0 Å². The van der Waals surface area contributed by atoms with Gasteiger partial charge >= 0.3 is 0 Å². The molecule has 0 saturated heterocycles. The van der Waals surface area contributed by atoms with E-state index in [0.29, 0.717) is 4.47 Å². The van der Waals surface area contributed by atoms with Gasteiger partial charge in [-0.2, -0.15) is 5.10 Å². The second kappa shape index (κ2) is 3.67. The third-order valence-corrected chi connectivity index (χ3v) is 2.95. The number of rotatable bonds is 2. The molecule has 6 heteroatoms. The van der Waals surface area contributed by atoms with E-state index in [1.54, 1.807) is 4.68 Å². The van der Waals surface area contributed by atoms with Crippen LogP contribution in [0, 0.1) is 0 Å². The average Bonchev–Trinajstić information content (AvgIpc) is 2.71. The summed E-state index contributed by atoms with van der Waals surface area (Å²) in [4.78, 5) is 0. The van der Waals surface area contributed by atoms with Crippen molar-refractivity contribution in [2.45, 2.75) is 13.3 Å². The van der Waals surface area contributed by atoms with Crippen LogP contribution in [0.2, 0.25) is 4.47 Å². The molecule has 2 aromatic heterocycles. The monoisotopic (exact) mass is 228 g/mol. The zero-order valence-electron chi connectivity index (χ0n) is 7.86. The fourth-order valence-electron chi connectivity index (χ4n) is 1.21. The minimum atomic E-state index is 0.458. The zero-order valence-corrected chi connectivity index (χ0v) is 9.43. The van der Waals surface area contributed by atoms with Gasteiger partial charge in [-0.05, 0) is 24.1 Å². The summed E-state index contributed by atoms with van der Waals surface area (Å²) < 4.78 is 2.26. The van der Waals surface area contributed by atoms with Crippen molar-refractivity contribution in [3.63, 3.8) is 0 Å². The Hall–Kier alpha value is -0.940. The first-order valence-corrected chi connectivity index (χ1v) is 5.42. The Labute approximate surface area is 90.5 Å². The number of aromatic nitrogens is 4. The van der Waals surface area contributed by atoms with E-state index in [0.717, 1.165) is 22.8 Å². The molecule has 0 aliphatic carbocycles. The van der Waals surface area contributed by atoms with Gasteiger partial charge in [0, 0.05) is 7.05 Å². The molecule has 0 atom stereocenters. The maximum Gasteiger partial charge on any atom is 0.207 e. The summed E-state index contributed by atoms with van der Waals surface area (Å²) in [7, 11) is 1.89. The van der Waals surface area contributed by atoms with Crippen molar-refractivity contribution in [2.24, 2.45) is 7.05 Å². The first-order valence-electron chi connectivity index (χ1n) is 4.23. The Morgan fingerprint density at radius 3 is 2.79 bits per heavy atom. The molecule has 0 bridgehead atoms. The van der Waals surface area contributed by atoms with Gasteiger partial charge in [-0.3, -0.25) is 4.68 Å². The topological polar surface area (TPSA) is 43.6 Å². The lowest BCUT2D eigenvalue weighted by Gasteiger charge is -1.93. The standard InChI is InChI=1S/C8H9ClN4S/c1-3-5-4-6(13(2)12-5)7-10-11-8(9)14-7/h4H,3H2,1-2H3. The van der Waals surface area contributed by atoms with Crippen LogP contribution in [-0.2, 0) is 13.5 Å². The van der Waals surface area contributed by atoms with Crippen LogP contribution in [0.1, 0.15) is 12.6 Å². The molecule has 4 nitrogen and oxygen atoms in total. The van der Waals surface area contributed by atoms with Crippen LogP contribution in [0.25, 0.3) is 10.7 Å². The predicted octanol–water partition coefficient (Wildman–Crippen LogP) is 2.15. The minimum Gasteiger partial charge on any atom is -0.265 e. The summed E-state index contributed by atoms with van der Waals surface area (Å²) in [5.74, 6) is 0. The zero-order chi connectivity index (χ0) is 10.1. The van der Waals surface area contributed by atoms with E-state index < -0.39 is 0 Å². The number of hydrogen-bond donors (Lipinski definition) is 0. The molecule has 0 spiro atoms. The van der Waals surface area contributed by atoms with Gasteiger partial charge in [-0.1, -0.05) is 18.3 Å². The lowest BCUT2D eigenvalue weighted by Crippen LogP contribution is -1.93. The van der Waals surface area contributed by atoms with E-state index in [2.05, 4.69) is 22.2 Å². The molecular formula is C8H9ClN4S. The van der Waals surface area contributed by atoms with Crippen LogP contribution in [0.15, 0.2) is 6.07 Å². The van der Waals surface area contributed by atoms with E-state index in [1.165, 1.54) is 11.3 Å². The number of hydrogen-bond acceptors (Lipinski definition) is 4. The smallest absolute Gasteiger partial charge is 0.207 e. The molecule has 0 aliphatic rings. The van der Waals surface area contributed by atoms with Gasteiger partial charge in [-0.25, -0.2) is 0 Å².